The number of nitrogens with zero attached hydrogens (tertiary/aromatic N) is 2. The minimum absolute atomic E-state index is 0.700. The highest BCUT2D eigenvalue weighted by Crippen LogP contribution is 2.23. The Morgan fingerprint density at radius 2 is 2.38 bits per heavy atom. The van der Waals surface area contributed by atoms with Crippen molar-refractivity contribution < 1.29 is 0 Å². The zero-order valence-electron chi connectivity index (χ0n) is 10.4. The first-order valence-corrected chi connectivity index (χ1v) is 6.53. The highest BCUT2D eigenvalue weighted by molar-refractivity contribution is 4.92. The third kappa shape index (κ3) is 2.85. The molecule has 2 atom stereocenters. The number of aromatic nitrogens is 2. The lowest BCUT2D eigenvalue weighted by Crippen LogP contribution is -2.33. The summed E-state index contributed by atoms with van der Waals surface area (Å²) in [5.41, 5.74) is 0. The van der Waals surface area contributed by atoms with Crippen molar-refractivity contribution in [2.75, 3.05) is 0 Å². The number of imidazole rings is 1. The number of rotatable bonds is 4. The number of hydrogen-bond donors (Lipinski definition) is 1. The van der Waals surface area contributed by atoms with Gasteiger partial charge in [-0.2, -0.15) is 0 Å². The van der Waals surface area contributed by atoms with Crippen LogP contribution in [0.15, 0.2) is 12.4 Å². The van der Waals surface area contributed by atoms with Crippen LogP contribution in [-0.4, -0.2) is 15.6 Å². The Hall–Kier alpha value is -0.830. The van der Waals surface area contributed by atoms with E-state index in [9.17, 15) is 0 Å². The van der Waals surface area contributed by atoms with Crippen molar-refractivity contribution in [3.05, 3.63) is 18.2 Å². The maximum absolute atomic E-state index is 4.39. The molecule has 0 radical (unpaired) electrons. The van der Waals surface area contributed by atoms with Crippen LogP contribution in [0, 0.1) is 5.92 Å². The van der Waals surface area contributed by atoms with E-state index in [0.29, 0.717) is 6.04 Å². The zero-order valence-corrected chi connectivity index (χ0v) is 10.4. The molecule has 1 aromatic heterocycles. The van der Waals surface area contributed by atoms with Crippen LogP contribution < -0.4 is 5.32 Å². The van der Waals surface area contributed by atoms with Gasteiger partial charge in [-0.15, -0.1) is 0 Å². The Morgan fingerprint density at radius 3 is 3.12 bits per heavy atom. The first-order valence-electron chi connectivity index (χ1n) is 6.53. The topological polar surface area (TPSA) is 29.9 Å². The summed E-state index contributed by atoms with van der Waals surface area (Å²) in [6.07, 6.45) is 9.39. The molecule has 1 aromatic rings. The minimum atomic E-state index is 0.700. The van der Waals surface area contributed by atoms with Gasteiger partial charge < -0.3 is 9.88 Å². The fourth-order valence-corrected chi connectivity index (χ4v) is 2.65. The smallest absolute Gasteiger partial charge is 0.122 e. The quantitative estimate of drug-likeness (QED) is 0.847. The van der Waals surface area contributed by atoms with E-state index in [2.05, 4.69) is 34.9 Å². The molecule has 0 bridgehead atoms. The van der Waals surface area contributed by atoms with Crippen LogP contribution in [0.3, 0.4) is 0 Å². The van der Waals surface area contributed by atoms with E-state index in [1.165, 1.54) is 31.5 Å². The summed E-state index contributed by atoms with van der Waals surface area (Å²) in [6, 6.07) is 0.700. The van der Waals surface area contributed by atoms with Crippen LogP contribution in [0.25, 0.3) is 0 Å². The molecule has 2 rings (SSSR count). The van der Waals surface area contributed by atoms with Gasteiger partial charge in [-0.05, 0) is 25.7 Å². The molecule has 0 amide bonds. The van der Waals surface area contributed by atoms with Gasteiger partial charge in [-0.3, -0.25) is 0 Å². The van der Waals surface area contributed by atoms with E-state index < -0.39 is 0 Å². The molecule has 1 aliphatic rings. The van der Waals surface area contributed by atoms with Crippen LogP contribution in [0.1, 0.15) is 45.4 Å². The summed E-state index contributed by atoms with van der Waals surface area (Å²) >= 11 is 0. The fraction of sp³-hybridized carbons (Fsp3) is 0.769. The lowest BCUT2D eigenvalue weighted by atomic mass is 9.87. The van der Waals surface area contributed by atoms with Crippen molar-refractivity contribution >= 4 is 0 Å². The molecule has 2 unspecified atom stereocenters. The van der Waals surface area contributed by atoms with Gasteiger partial charge in [0, 0.05) is 25.0 Å². The van der Waals surface area contributed by atoms with Gasteiger partial charge in [0.2, 0.25) is 0 Å². The van der Waals surface area contributed by atoms with Gasteiger partial charge in [-0.25, -0.2) is 4.98 Å². The molecule has 3 nitrogen and oxygen atoms in total. The Kier molecular flexibility index (Phi) is 3.99. The maximum atomic E-state index is 4.39. The Balaban J connectivity index is 1.82. The van der Waals surface area contributed by atoms with E-state index in [1.807, 2.05) is 6.20 Å². The predicted molar refractivity (Wildman–Crippen MR) is 66.2 cm³/mol. The van der Waals surface area contributed by atoms with Gasteiger partial charge >= 0.3 is 0 Å². The molecule has 1 saturated carbocycles. The first-order chi connectivity index (χ1) is 7.79. The molecule has 0 spiro atoms. The third-order valence-electron chi connectivity index (χ3n) is 3.63. The van der Waals surface area contributed by atoms with E-state index in [1.54, 1.807) is 0 Å². The number of aryl methyl sites for hydroxylation is 1. The van der Waals surface area contributed by atoms with Crippen molar-refractivity contribution in [1.29, 1.82) is 0 Å². The van der Waals surface area contributed by atoms with Gasteiger partial charge in [0.25, 0.3) is 0 Å². The van der Waals surface area contributed by atoms with Gasteiger partial charge in [0.1, 0.15) is 5.82 Å². The van der Waals surface area contributed by atoms with Crippen LogP contribution in [0.4, 0.5) is 0 Å². The largest absolute Gasteiger partial charge is 0.334 e. The van der Waals surface area contributed by atoms with Gasteiger partial charge in [0.15, 0.2) is 0 Å². The second-order valence-corrected chi connectivity index (χ2v) is 4.98. The molecule has 0 saturated heterocycles. The highest BCUT2D eigenvalue weighted by atomic mass is 15.1. The van der Waals surface area contributed by atoms with E-state index >= 15 is 0 Å². The van der Waals surface area contributed by atoms with E-state index in [4.69, 9.17) is 0 Å². The average molecular weight is 221 g/mol. The van der Waals surface area contributed by atoms with Crippen LogP contribution in [0.2, 0.25) is 0 Å². The summed E-state index contributed by atoms with van der Waals surface area (Å²) in [4.78, 5) is 4.39. The lowest BCUT2D eigenvalue weighted by molar-refractivity contribution is 0.298. The number of nitrogens with one attached hydrogen (secondary N) is 1. The standard InChI is InChI=1S/C13H23N3/c1-3-16-8-7-14-13(16)10-15-12-6-4-5-11(2)9-12/h7-8,11-12,15H,3-6,9-10H2,1-2H3. The van der Waals surface area contributed by atoms with Crippen LogP contribution in [-0.2, 0) is 13.1 Å². The Bertz CT molecular complexity index is 319. The molecular weight excluding hydrogens is 198 g/mol. The van der Waals surface area contributed by atoms with Crippen molar-refractivity contribution in [2.24, 2.45) is 5.92 Å². The van der Waals surface area contributed by atoms with Crippen molar-refractivity contribution in [3.63, 3.8) is 0 Å². The molecule has 1 fully saturated rings. The van der Waals surface area contributed by atoms with Crippen molar-refractivity contribution in [2.45, 2.75) is 58.7 Å². The van der Waals surface area contributed by atoms with Crippen LogP contribution in [0.5, 0.6) is 0 Å². The van der Waals surface area contributed by atoms with Gasteiger partial charge in [0.05, 0.1) is 6.54 Å². The molecule has 0 aliphatic heterocycles. The van der Waals surface area contributed by atoms with E-state index in [-0.39, 0.29) is 0 Å². The fourth-order valence-electron chi connectivity index (χ4n) is 2.65. The van der Waals surface area contributed by atoms with Crippen LogP contribution >= 0.6 is 0 Å². The second-order valence-electron chi connectivity index (χ2n) is 4.98. The van der Waals surface area contributed by atoms with Gasteiger partial charge in [-0.1, -0.05) is 19.8 Å². The Morgan fingerprint density at radius 1 is 1.50 bits per heavy atom. The maximum Gasteiger partial charge on any atom is 0.122 e. The molecular formula is C13H23N3. The summed E-state index contributed by atoms with van der Waals surface area (Å²) in [6.45, 7) is 6.45. The third-order valence-corrected chi connectivity index (χ3v) is 3.63. The summed E-state index contributed by atoms with van der Waals surface area (Å²) in [5, 5.41) is 3.65. The lowest BCUT2D eigenvalue weighted by Gasteiger charge is -2.27. The summed E-state index contributed by atoms with van der Waals surface area (Å²) in [7, 11) is 0. The predicted octanol–water partition coefficient (Wildman–Crippen LogP) is 2.57. The first kappa shape index (κ1) is 11.6. The normalized spacial score (nSPS) is 25.9. The van der Waals surface area contributed by atoms with E-state index in [0.717, 1.165) is 19.0 Å². The molecule has 16 heavy (non-hydrogen) atoms. The monoisotopic (exact) mass is 221 g/mol. The molecule has 3 heteroatoms. The molecule has 1 aliphatic carbocycles. The zero-order chi connectivity index (χ0) is 11.4. The minimum Gasteiger partial charge on any atom is -0.334 e. The van der Waals surface area contributed by atoms with Crippen molar-refractivity contribution in [3.8, 4) is 0 Å². The SMILES string of the molecule is CCn1ccnc1CNC1CCCC(C)C1. The molecule has 1 heterocycles. The second kappa shape index (κ2) is 5.48. The average Bonchev–Trinajstić information content (AvgIpc) is 2.74. The molecule has 90 valence electrons. The Labute approximate surface area is 98.3 Å². The summed E-state index contributed by atoms with van der Waals surface area (Å²) in [5.74, 6) is 2.05. The molecule has 0 aromatic carbocycles. The van der Waals surface area contributed by atoms with Crippen molar-refractivity contribution in [1.82, 2.24) is 14.9 Å². The number of hydrogen-bond acceptors (Lipinski definition) is 2. The summed E-state index contributed by atoms with van der Waals surface area (Å²) < 4.78 is 2.21. The molecule has 1 N–H and O–H groups in total. The highest BCUT2D eigenvalue weighted by Gasteiger charge is 2.18.